The van der Waals surface area contributed by atoms with Crippen LogP contribution in [0.1, 0.15) is 10.4 Å². The quantitative estimate of drug-likeness (QED) is 0.634. The van der Waals surface area contributed by atoms with Gasteiger partial charge in [0, 0.05) is 18.8 Å². The lowest BCUT2D eigenvalue weighted by Gasteiger charge is -2.22. The number of benzene rings is 1. The van der Waals surface area contributed by atoms with Gasteiger partial charge in [0.15, 0.2) is 0 Å². The monoisotopic (exact) mass is 242 g/mol. The van der Waals surface area contributed by atoms with Crippen LogP contribution >= 0.6 is 0 Å². The highest BCUT2D eigenvalue weighted by atomic mass is 16.2. The Balaban J connectivity index is 2.34. The van der Waals surface area contributed by atoms with E-state index in [9.17, 15) is 9.59 Å². The molecule has 1 amide bonds. The molecule has 0 aliphatic carbocycles. The molecule has 1 aromatic carbocycles. The molecule has 0 unspecified atom stereocenters. The minimum Gasteiger partial charge on any atom is -0.364 e. The van der Waals surface area contributed by atoms with Gasteiger partial charge in [0.05, 0.1) is 11.3 Å². The van der Waals surface area contributed by atoms with Crippen LogP contribution in [0, 0.1) is 0 Å². The molecule has 4 nitrogen and oxygen atoms in total. The number of ketones is 1. The first kappa shape index (κ1) is 12.1. The molecule has 0 aromatic heterocycles. The van der Waals surface area contributed by atoms with Crippen molar-refractivity contribution in [3.8, 4) is 0 Å². The number of rotatable bonds is 5. The molecule has 2 rings (SSSR count). The number of carbonyl (C=O) groups excluding carboxylic acids is 2. The van der Waals surface area contributed by atoms with Crippen molar-refractivity contribution in [3.05, 3.63) is 49.1 Å². The zero-order chi connectivity index (χ0) is 13.1. The maximum atomic E-state index is 11.5. The molecule has 1 heterocycles. The summed E-state index contributed by atoms with van der Waals surface area (Å²) in [6, 6.07) is 5.29. The van der Waals surface area contributed by atoms with E-state index >= 15 is 0 Å². The maximum absolute atomic E-state index is 11.5. The van der Waals surface area contributed by atoms with Crippen molar-refractivity contribution in [2.45, 2.75) is 0 Å². The first-order chi connectivity index (χ1) is 8.67. The number of carbonyl (C=O) groups is 2. The maximum Gasteiger partial charge on any atom is 0.296 e. The summed E-state index contributed by atoms with van der Waals surface area (Å²) in [4.78, 5) is 24.8. The van der Waals surface area contributed by atoms with Gasteiger partial charge in [-0.05, 0) is 18.2 Å². The molecule has 1 aliphatic rings. The molecule has 18 heavy (non-hydrogen) atoms. The number of fused-ring (bicyclic) bond motifs is 1. The fourth-order valence-corrected chi connectivity index (χ4v) is 1.93. The van der Waals surface area contributed by atoms with Gasteiger partial charge in [-0.25, -0.2) is 0 Å². The molecule has 0 bridgehead atoms. The van der Waals surface area contributed by atoms with E-state index in [1.807, 2.05) is 11.0 Å². The van der Waals surface area contributed by atoms with Gasteiger partial charge in [0.1, 0.15) is 0 Å². The van der Waals surface area contributed by atoms with Gasteiger partial charge in [-0.2, -0.15) is 0 Å². The van der Waals surface area contributed by atoms with Crippen molar-refractivity contribution in [2.24, 2.45) is 0 Å². The summed E-state index contributed by atoms with van der Waals surface area (Å²) in [5.41, 5.74) is 1.92. The van der Waals surface area contributed by atoms with Gasteiger partial charge >= 0.3 is 0 Å². The molecule has 1 N–H and O–H groups in total. The number of hydrogen-bond donors (Lipinski definition) is 1. The van der Waals surface area contributed by atoms with E-state index in [4.69, 9.17) is 0 Å². The second-order valence-electron chi connectivity index (χ2n) is 4.00. The van der Waals surface area contributed by atoms with E-state index < -0.39 is 11.7 Å². The number of Topliss-reactive ketones (excluding diaryl/α,β-unsaturated/α-hetero) is 1. The number of amides is 1. The minimum atomic E-state index is -0.568. The van der Waals surface area contributed by atoms with E-state index in [1.165, 1.54) is 0 Å². The van der Waals surface area contributed by atoms with Crippen LogP contribution in [0.5, 0.6) is 0 Å². The van der Waals surface area contributed by atoms with Crippen molar-refractivity contribution in [3.63, 3.8) is 0 Å². The average molecular weight is 242 g/mol. The molecule has 1 aromatic rings. The molecular weight excluding hydrogens is 228 g/mol. The Morgan fingerprint density at radius 1 is 1.17 bits per heavy atom. The van der Waals surface area contributed by atoms with Crippen LogP contribution in [0.25, 0.3) is 0 Å². The van der Waals surface area contributed by atoms with Crippen LogP contribution in [0.2, 0.25) is 0 Å². The fourth-order valence-electron chi connectivity index (χ4n) is 1.93. The van der Waals surface area contributed by atoms with Gasteiger partial charge in [-0.1, -0.05) is 12.2 Å². The summed E-state index contributed by atoms with van der Waals surface area (Å²) in [6.07, 6.45) is 3.58. The lowest BCUT2D eigenvalue weighted by Crippen LogP contribution is -2.23. The van der Waals surface area contributed by atoms with Crippen molar-refractivity contribution in [1.82, 2.24) is 0 Å². The van der Waals surface area contributed by atoms with Gasteiger partial charge in [-0.15, -0.1) is 13.2 Å². The number of hydrogen-bond acceptors (Lipinski definition) is 3. The number of nitrogens with one attached hydrogen (secondary N) is 1. The van der Waals surface area contributed by atoms with Crippen molar-refractivity contribution >= 4 is 23.1 Å². The molecule has 0 spiro atoms. The lowest BCUT2D eigenvalue weighted by atomic mass is 10.1. The highest BCUT2D eigenvalue weighted by Gasteiger charge is 2.28. The summed E-state index contributed by atoms with van der Waals surface area (Å²) in [6.45, 7) is 8.76. The highest BCUT2D eigenvalue weighted by Crippen LogP contribution is 2.28. The molecule has 0 fully saturated rings. The van der Waals surface area contributed by atoms with E-state index in [0.29, 0.717) is 24.3 Å². The second-order valence-corrected chi connectivity index (χ2v) is 4.00. The average Bonchev–Trinajstić information content (AvgIpc) is 2.64. The van der Waals surface area contributed by atoms with Crippen molar-refractivity contribution in [1.29, 1.82) is 0 Å². The van der Waals surface area contributed by atoms with E-state index in [0.717, 1.165) is 5.69 Å². The zero-order valence-electron chi connectivity index (χ0n) is 9.98. The Hall–Kier alpha value is -2.36. The van der Waals surface area contributed by atoms with Crippen LogP contribution in [0.3, 0.4) is 0 Å². The van der Waals surface area contributed by atoms with Crippen LogP contribution in [-0.4, -0.2) is 24.8 Å². The summed E-state index contributed by atoms with van der Waals surface area (Å²) in [7, 11) is 0. The Morgan fingerprint density at radius 3 is 2.44 bits per heavy atom. The predicted octanol–water partition coefficient (Wildman–Crippen LogP) is 2.00. The molecule has 92 valence electrons. The van der Waals surface area contributed by atoms with Gasteiger partial charge in [0.2, 0.25) is 0 Å². The molecule has 0 radical (unpaired) electrons. The third-order valence-corrected chi connectivity index (χ3v) is 2.77. The minimum absolute atomic E-state index is 0.431. The van der Waals surface area contributed by atoms with Gasteiger partial charge in [-0.3, -0.25) is 9.59 Å². The Kier molecular flexibility index (Phi) is 3.28. The smallest absolute Gasteiger partial charge is 0.296 e. The standard InChI is InChI=1S/C14H14N2O2/c1-3-7-16(8-4-2)10-5-6-11-12(9-10)15-14(18)13(11)17/h3-6,9H,1-2,7-8H2,(H,15,17,18). The summed E-state index contributed by atoms with van der Waals surface area (Å²) in [5, 5.41) is 2.56. The molecule has 0 atom stereocenters. The van der Waals surface area contributed by atoms with E-state index in [1.54, 1.807) is 24.3 Å². The van der Waals surface area contributed by atoms with Gasteiger partial charge < -0.3 is 10.2 Å². The molecular formula is C14H14N2O2. The predicted molar refractivity (Wildman–Crippen MR) is 72.0 cm³/mol. The Morgan fingerprint density at radius 2 is 1.83 bits per heavy atom. The highest BCUT2D eigenvalue weighted by molar-refractivity contribution is 6.51. The molecule has 0 saturated heterocycles. The van der Waals surface area contributed by atoms with Crippen LogP contribution in [0.15, 0.2) is 43.5 Å². The van der Waals surface area contributed by atoms with Crippen LogP contribution in [-0.2, 0) is 4.79 Å². The molecule has 4 heteroatoms. The van der Waals surface area contributed by atoms with Gasteiger partial charge in [0.25, 0.3) is 11.7 Å². The Labute approximate surface area is 106 Å². The first-order valence-corrected chi connectivity index (χ1v) is 5.64. The second kappa shape index (κ2) is 4.87. The summed E-state index contributed by atoms with van der Waals surface area (Å²) >= 11 is 0. The fraction of sp³-hybridized carbons (Fsp3) is 0.143. The topological polar surface area (TPSA) is 49.4 Å². The first-order valence-electron chi connectivity index (χ1n) is 5.64. The number of nitrogens with zero attached hydrogens (tertiary/aromatic N) is 1. The third kappa shape index (κ3) is 2.05. The van der Waals surface area contributed by atoms with E-state index in [-0.39, 0.29) is 0 Å². The Bertz CT molecular complexity index is 525. The van der Waals surface area contributed by atoms with Crippen molar-refractivity contribution in [2.75, 3.05) is 23.3 Å². The van der Waals surface area contributed by atoms with Crippen LogP contribution < -0.4 is 10.2 Å². The van der Waals surface area contributed by atoms with Crippen LogP contribution in [0.4, 0.5) is 11.4 Å². The zero-order valence-corrected chi connectivity index (χ0v) is 9.98. The summed E-state index contributed by atoms with van der Waals surface area (Å²) in [5.74, 6) is -1.04. The number of anilines is 2. The van der Waals surface area contributed by atoms with E-state index in [2.05, 4.69) is 18.5 Å². The third-order valence-electron chi connectivity index (χ3n) is 2.77. The molecule has 1 aliphatic heterocycles. The normalized spacial score (nSPS) is 12.9. The lowest BCUT2D eigenvalue weighted by molar-refractivity contribution is -0.112. The molecule has 0 saturated carbocycles. The summed E-state index contributed by atoms with van der Waals surface area (Å²) < 4.78 is 0. The van der Waals surface area contributed by atoms with Crippen molar-refractivity contribution < 1.29 is 9.59 Å². The SMILES string of the molecule is C=CCN(CC=C)c1ccc2c(c1)NC(=O)C2=O. The largest absolute Gasteiger partial charge is 0.364 e.